The van der Waals surface area contributed by atoms with Crippen molar-refractivity contribution in [3.8, 4) is 0 Å². The summed E-state index contributed by atoms with van der Waals surface area (Å²) in [5, 5.41) is 3.27. The van der Waals surface area contributed by atoms with Gasteiger partial charge in [-0.1, -0.05) is 44.2 Å². The molecular weight excluding hydrogens is 226 g/mol. The predicted octanol–water partition coefficient (Wildman–Crippen LogP) is 2.41. The van der Waals surface area contributed by atoms with Gasteiger partial charge in [0, 0.05) is 0 Å². The molecule has 3 heteroatoms. The van der Waals surface area contributed by atoms with Gasteiger partial charge in [-0.2, -0.15) is 0 Å². The average molecular weight is 249 g/mol. The van der Waals surface area contributed by atoms with Crippen LogP contribution in [0.4, 0.5) is 0 Å². The molecule has 3 nitrogen and oxygen atoms in total. The van der Waals surface area contributed by atoms with Crippen LogP contribution in [-0.4, -0.2) is 25.7 Å². The van der Waals surface area contributed by atoms with E-state index in [1.807, 2.05) is 32.0 Å². The summed E-state index contributed by atoms with van der Waals surface area (Å²) in [6.07, 6.45) is 2.05. The molecular formula is C15H23NO2. The number of benzene rings is 1. The number of rotatable bonds is 7. The van der Waals surface area contributed by atoms with Crippen molar-refractivity contribution in [3.05, 3.63) is 35.9 Å². The van der Waals surface area contributed by atoms with E-state index in [-0.39, 0.29) is 17.9 Å². The van der Waals surface area contributed by atoms with Crippen LogP contribution in [0, 0.1) is 5.92 Å². The Morgan fingerprint density at radius 2 is 1.94 bits per heavy atom. The Labute approximate surface area is 110 Å². The normalized spacial score (nSPS) is 12.4. The van der Waals surface area contributed by atoms with Crippen molar-refractivity contribution in [2.75, 3.05) is 13.7 Å². The molecule has 0 aromatic heterocycles. The molecule has 0 aliphatic heterocycles. The van der Waals surface area contributed by atoms with Gasteiger partial charge in [0.05, 0.1) is 7.11 Å². The highest BCUT2D eigenvalue weighted by molar-refractivity contribution is 5.75. The zero-order valence-electron chi connectivity index (χ0n) is 11.5. The first-order valence-corrected chi connectivity index (χ1v) is 6.50. The molecule has 0 amide bonds. The first kappa shape index (κ1) is 14.7. The lowest BCUT2D eigenvalue weighted by molar-refractivity contribution is -0.144. The molecule has 0 aliphatic carbocycles. The summed E-state index contributed by atoms with van der Waals surface area (Å²) in [4.78, 5) is 11.5. The largest absolute Gasteiger partial charge is 0.468 e. The third kappa shape index (κ3) is 4.88. The smallest absolute Gasteiger partial charge is 0.323 e. The summed E-state index contributed by atoms with van der Waals surface area (Å²) in [7, 11) is 1.43. The Kier molecular flexibility index (Phi) is 6.44. The summed E-state index contributed by atoms with van der Waals surface area (Å²) in [6, 6.07) is 10.2. The Morgan fingerprint density at radius 1 is 1.28 bits per heavy atom. The van der Waals surface area contributed by atoms with Crippen LogP contribution >= 0.6 is 0 Å². The summed E-state index contributed by atoms with van der Waals surface area (Å²) < 4.78 is 4.79. The first-order chi connectivity index (χ1) is 8.65. The van der Waals surface area contributed by atoms with Gasteiger partial charge in [0.2, 0.25) is 0 Å². The monoisotopic (exact) mass is 249 g/mol. The first-order valence-electron chi connectivity index (χ1n) is 6.50. The average Bonchev–Trinajstić information content (AvgIpc) is 2.38. The predicted molar refractivity (Wildman–Crippen MR) is 73.4 cm³/mol. The van der Waals surface area contributed by atoms with Crippen LogP contribution in [-0.2, 0) is 16.0 Å². The van der Waals surface area contributed by atoms with Crippen LogP contribution < -0.4 is 5.32 Å². The Hall–Kier alpha value is -1.35. The van der Waals surface area contributed by atoms with Gasteiger partial charge in [-0.3, -0.25) is 4.79 Å². The van der Waals surface area contributed by atoms with Gasteiger partial charge in [0.1, 0.15) is 6.04 Å². The highest BCUT2D eigenvalue weighted by Gasteiger charge is 2.21. The van der Waals surface area contributed by atoms with Gasteiger partial charge in [-0.15, -0.1) is 0 Å². The molecule has 1 atom stereocenters. The van der Waals surface area contributed by atoms with E-state index in [9.17, 15) is 4.79 Å². The molecule has 0 radical (unpaired) electrons. The molecule has 0 saturated heterocycles. The summed E-state index contributed by atoms with van der Waals surface area (Å²) in [5.74, 6) is 0.0684. The van der Waals surface area contributed by atoms with E-state index in [1.165, 1.54) is 12.7 Å². The Morgan fingerprint density at radius 3 is 2.50 bits per heavy atom. The van der Waals surface area contributed by atoms with Gasteiger partial charge in [-0.25, -0.2) is 0 Å². The highest BCUT2D eigenvalue weighted by Crippen LogP contribution is 2.05. The number of hydrogen-bond acceptors (Lipinski definition) is 3. The topological polar surface area (TPSA) is 38.3 Å². The van der Waals surface area contributed by atoms with Crippen LogP contribution in [0.25, 0.3) is 0 Å². The molecule has 1 aromatic rings. The number of ether oxygens (including phenoxy) is 1. The van der Waals surface area contributed by atoms with E-state index in [0.717, 1.165) is 19.4 Å². The van der Waals surface area contributed by atoms with E-state index in [0.29, 0.717) is 0 Å². The molecule has 1 aromatic carbocycles. The van der Waals surface area contributed by atoms with Crippen molar-refractivity contribution in [1.82, 2.24) is 5.32 Å². The number of nitrogens with one attached hydrogen (secondary N) is 1. The minimum Gasteiger partial charge on any atom is -0.468 e. The maximum absolute atomic E-state index is 11.5. The van der Waals surface area contributed by atoms with Gasteiger partial charge >= 0.3 is 5.97 Å². The summed E-state index contributed by atoms with van der Waals surface area (Å²) >= 11 is 0. The zero-order valence-corrected chi connectivity index (χ0v) is 11.5. The molecule has 100 valence electrons. The number of aryl methyl sites for hydroxylation is 1. The number of methoxy groups -OCH3 is 1. The quantitative estimate of drug-likeness (QED) is 0.595. The van der Waals surface area contributed by atoms with Crippen molar-refractivity contribution in [2.24, 2.45) is 5.92 Å². The zero-order chi connectivity index (χ0) is 13.4. The van der Waals surface area contributed by atoms with Gasteiger partial charge < -0.3 is 10.1 Å². The van der Waals surface area contributed by atoms with Gasteiger partial charge in [-0.05, 0) is 30.9 Å². The second-order valence-corrected chi connectivity index (χ2v) is 4.79. The van der Waals surface area contributed by atoms with Gasteiger partial charge in [0.25, 0.3) is 0 Å². The fraction of sp³-hybridized carbons (Fsp3) is 0.533. The third-order valence-corrected chi connectivity index (χ3v) is 2.97. The Bertz CT molecular complexity index is 349. The molecule has 0 aliphatic rings. The van der Waals surface area contributed by atoms with Crippen molar-refractivity contribution < 1.29 is 9.53 Å². The summed E-state index contributed by atoms with van der Waals surface area (Å²) in [5.41, 5.74) is 1.33. The number of hydrogen-bond donors (Lipinski definition) is 1. The summed E-state index contributed by atoms with van der Waals surface area (Å²) in [6.45, 7) is 4.87. The molecule has 1 N–H and O–H groups in total. The fourth-order valence-corrected chi connectivity index (χ4v) is 1.91. The van der Waals surface area contributed by atoms with Crippen molar-refractivity contribution in [2.45, 2.75) is 32.7 Å². The molecule has 0 heterocycles. The SMILES string of the molecule is COC(=O)[C@@H](NCCCc1ccccc1)C(C)C. The molecule has 0 fully saturated rings. The standard InChI is InChI=1S/C15H23NO2/c1-12(2)14(15(17)18-3)16-11-7-10-13-8-5-4-6-9-13/h4-6,8-9,12,14,16H,7,10-11H2,1-3H3/t14-/m0/s1. The fourth-order valence-electron chi connectivity index (χ4n) is 1.91. The van der Waals surface area contributed by atoms with Crippen LogP contribution in [0.5, 0.6) is 0 Å². The molecule has 0 spiro atoms. The van der Waals surface area contributed by atoms with E-state index < -0.39 is 0 Å². The Balaban J connectivity index is 2.29. The number of esters is 1. The van der Waals surface area contributed by atoms with Crippen LogP contribution in [0.2, 0.25) is 0 Å². The number of carbonyl (C=O) groups is 1. The lowest BCUT2D eigenvalue weighted by Gasteiger charge is -2.19. The molecule has 1 rings (SSSR count). The maximum atomic E-state index is 11.5. The van der Waals surface area contributed by atoms with Gasteiger partial charge in [0.15, 0.2) is 0 Å². The maximum Gasteiger partial charge on any atom is 0.323 e. The lowest BCUT2D eigenvalue weighted by atomic mass is 10.0. The minimum atomic E-state index is -0.203. The van der Waals surface area contributed by atoms with Crippen molar-refractivity contribution in [3.63, 3.8) is 0 Å². The molecule has 0 unspecified atom stereocenters. The lowest BCUT2D eigenvalue weighted by Crippen LogP contribution is -2.42. The minimum absolute atomic E-state index is 0.176. The second-order valence-electron chi connectivity index (χ2n) is 4.79. The van der Waals surface area contributed by atoms with Crippen LogP contribution in [0.1, 0.15) is 25.8 Å². The van der Waals surface area contributed by atoms with Crippen molar-refractivity contribution >= 4 is 5.97 Å². The van der Waals surface area contributed by atoms with E-state index >= 15 is 0 Å². The molecule has 18 heavy (non-hydrogen) atoms. The van der Waals surface area contributed by atoms with Crippen LogP contribution in [0.3, 0.4) is 0 Å². The van der Waals surface area contributed by atoms with E-state index in [1.54, 1.807) is 0 Å². The second kappa shape index (κ2) is 7.88. The molecule has 0 saturated carbocycles. The molecule has 0 bridgehead atoms. The highest BCUT2D eigenvalue weighted by atomic mass is 16.5. The number of carbonyl (C=O) groups excluding carboxylic acids is 1. The van der Waals surface area contributed by atoms with E-state index in [4.69, 9.17) is 4.74 Å². The van der Waals surface area contributed by atoms with E-state index in [2.05, 4.69) is 17.4 Å². The van der Waals surface area contributed by atoms with Crippen LogP contribution in [0.15, 0.2) is 30.3 Å². The third-order valence-electron chi connectivity index (χ3n) is 2.97. The van der Waals surface area contributed by atoms with Crippen molar-refractivity contribution in [1.29, 1.82) is 0 Å².